The third-order valence-electron chi connectivity index (χ3n) is 3.63. The lowest BCUT2D eigenvalue weighted by atomic mass is 9.92. The van der Waals surface area contributed by atoms with Crippen LogP contribution >= 0.6 is 0 Å². The number of hydrogen-bond donors (Lipinski definition) is 2. The van der Waals surface area contributed by atoms with E-state index < -0.39 is 23.9 Å². The normalized spacial score (nSPS) is 13.0. The highest BCUT2D eigenvalue weighted by molar-refractivity contribution is 5.80. The van der Waals surface area contributed by atoms with Crippen LogP contribution in [0.25, 0.3) is 0 Å². The molecule has 1 aromatic rings. The van der Waals surface area contributed by atoms with Crippen LogP contribution in [0.4, 0.5) is 0 Å². The molecule has 0 saturated carbocycles. The van der Waals surface area contributed by atoms with Gasteiger partial charge in [-0.3, -0.25) is 14.4 Å². The average molecular weight is 392 g/mol. The fourth-order valence-electron chi connectivity index (χ4n) is 2.38. The highest BCUT2D eigenvalue weighted by Crippen LogP contribution is 2.32. The zero-order valence-corrected chi connectivity index (χ0v) is 17.6. The van der Waals surface area contributed by atoms with Gasteiger partial charge in [0.1, 0.15) is 0 Å². The van der Waals surface area contributed by atoms with Crippen molar-refractivity contribution in [2.45, 2.75) is 66.8 Å². The molecule has 0 unspecified atom stereocenters. The summed E-state index contributed by atoms with van der Waals surface area (Å²) in [5.74, 6) is -1.25. The minimum Gasteiger partial charge on any atom is -0.423 e. The summed E-state index contributed by atoms with van der Waals surface area (Å²) in [7, 11) is 0. The van der Waals surface area contributed by atoms with Crippen LogP contribution in [0, 0.1) is 10.8 Å². The number of carbonyl (C=O) groups is 3. The second-order valence-corrected chi connectivity index (χ2v) is 9.42. The van der Waals surface area contributed by atoms with Gasteiger partial charge in [0.05, 0.1) is 18.9 Å². The van der Waals surface area contributed by atoms with Crippen LogP contribution < -0.4 is 20.9 Å². The van der Waals surface area contributed by atoms with E-state index in [0.29, 0.717) is 5.56 Å². The number of rotatable bonds is 7. The molecule has 0 bridgehead atoms. The van der Waals surface area contributed by atoms with Crippen LogP contribution in [0.5, 0.6) is 11.5 Å². The number of primary amides is 1. The van der Waals surface area contributed by atoms with Gasteiger partial charge in [-0.25, -0.2) is 0 Å². The number of amides is 1. The number of esters is 2. The Hall–Kier alpha value is -2.41. The van der Waals surface area contributed by atoms with Crippen LogP contribution in [0.1, 0.15) is 59.9 Å². The Morgan fingerprint density at radius 3 is 1.79 bits per heavy atom. The van der Waals surface area contributed by atoms with E-state index in [1.54, 1.807) is 12.1 Å². The van der Waals surface area contributed by atoms with Crippen molar-refractivity contribution in [2.24, 2.45) is 22.3 Å². The number of hydrogen-bond acceptors (Lipinski definition) is 6. The lowest BCUT2D eigenvalue weighted by Crippen LogP contribution is -2.38. The minimum absolute atomic E-state index is 0.116. The van der Waals surface area contributed by atoms with Crippen molar-refractivity contribution >= 4 is 17.8 Å². The summed E-state index contributed by atoms with van der Waals surface area (Å²) in [5.41, 5.74) is 11.1. The molecule has 7 nitrogen and oxygen atoms in total. The summed E-state index contributed by atoms with van der Waals surface area (Å²) in [4.78, 5) is 35.7. The zero-order valence-electron chi connectivity index (χ0n) is 17.6. The van der Waals surface area contributed by atoms with Crippen molar-refractivity contribution in [2.75, 3.05) is 0 Å². The van der Waals surface area contributed by atoms with E-state index in [1.807, 2.05) is 41.5 Å². The summed E-state index contributed by atoms with van der Waals surface area (Å²) in [5, 5.41) is 0. The number of benzene rings is 1. The zero-order chi connectivity index (χ0) is 21.7. The molecule has 1 rings (SSSR count). The Bertz CT molecular complexity index is 729. The average Bonchev–Trinajstić information content (AvgIpc) is 2.45. The summed E-state index contributed by atoms with van der Waals surface area (Å²) in [6.07, 6.45) is 0.569. The first kappa shape index (κ1) is 23.6. The van der Waals surface area contributed by atoms with Crippen molar-refractivity contribution < 1.29 is 23.9 Å². The second kappa shape index (κ2) is 9.19. The molecule has 0 aliphatic carbocycles. The molecule has 7 heteroatoms. The number of ether oxygens (including phenoxy) is 2. The largest absolute Gasteiger partial charge is 0.423 e. The molecule has 0 aliphatic heterocycles. The fourth-order valence-corrected chi connectivity index (χ4v) is 2.38. The van der Waals surface area contributed by atoms with E-state index in [9.17, 15) is 14.4 Å². The molecule has 28 heavy (non-hydrogen) atoms. The topological polar surface area (TPSA) is 122 Å². The van der Waals surface area contributed by atoms with Gasteiger partial charge in [0.15, 0.2) is 11.5 Å². The van der Waals surface area contributed by atoms with E-state index in [2.05, 4.69) is 0 Å². The van der Waals surface area contributed by atoms with Gasteiger partial charge in [0.25, 0.3) is 0 Å². The summed E-state index contributed by atoms with van der Waals surface area (Å²) in [6.45, 7) is 11.5. The fraction of sp³-hybridized carbons (Fsp3) is 0.571. The van der Waals surface area contributed by atoms with Gasteiger partial charge in [-0.2, -0.15) is 0 Å². The van der Waals surface area contributed by atoms with Gasteiger partial charge in [0, 0.05) is 0 Å². The van der Waals surface area contributed by atoms with E-state index in [1.165, 1.54) is 6.07 Å². The number of nitrogens with two attached hydrogens (primary N) is 2. The van der Waals surface area contributed by atoms with Crippen molar-refractivity contribution in [1.82, 2.24) is 0 Å². The maximum Gasteiger partial charge on any atom is 0.311 e. The maximum atomic E-state index is 12.3. The molecule has 0 radical (unpaired) electrons. The third kappa shape index (κ3) is 8.99. The van der Waals surface area contributed by atoms with Crippen LogP contribution in [0.15, 0.2) is 18.2 Å². The predicted molar refractivity (Wildman–Crippen MR) is 107 cm³/mol. The smallest absolute Gasteiger partial charge is 0.311 e. The summed E-state index contributed by atoms with van der Waals surface area (Å²) < 4.78 is 10.9. The lowest BCUT2D eigenvalue weighted by Gasteiger charge is -2.19. The Labute approximate surface area is 166 Å². The van der Waals surface area contributed by atoms with Crippen molar-refractivity contribution in [3.8, 4) is 11.5 Å². The molecule has 1 aromatic carbocycles. The third-order valence-corrected chi connectivity index (χ3v) is 3.63. The molecule has 0 spiro atoms. The molecule has 0 aliphatic rings. The van der Waals surface area contributed by atoms with Gasteiger partial charge in [-0.15, -0.1) is 0 Å². The summed E-state index contributed by atoms with van der Waals surface area (Å²) >= 11 is 0. The molecule has 156 valence electrons. The number of carbonyl (C=O) groups excluding carboxylic acids is 3. The highest BCUT2D eigenvalue weighted by atomic mass is 16.6. The Morgan fingerprint density at radius 1 is 0.893 bits per heavy atom. The van der Waals surface area contributed by atoms with Gasteiger partial charge >= 0.3 is 11.9 Å². The Morgan fingerprint density at radius 2 is 1.36 bits per heavy atom. The van der Waals surface area contributed by atoms with Gasteiger partial charge in [-0.05, 0) is 34.9 Å². The molecule has 0 heterocycles. The molecule has 4 N–H and O–H groups in total. The Balaban J connectivity index is 3.10. The molecule has 0 saturated heterocycles. The first-order chi connectivity index (χ1) is 12.7. The van der Waals surface area contributed by atoms with Crippen LogP contribution in [-0.2, 0) is 20.8 Å². The highest BCUT2D eigenvalue weighted by Gasteiger charge is 2.23. The van der Waals surface area contributed by atoms with E-state index >= 15 is 0 Å². The molecule has 0 fully saturated rings. The standard InChI is InChI=1S/C21H32N2O5/c1-20(2,3)11-17(24)27-15-8-7-13(9-14(22)19(23)26)10-16(15)28-18(25)12-21(4,5)6/h7-8,10,14H,9,11-12,22H2,1-6H3,(H2,23,26)/t14-/m0/s1. The van der Waals surface area contributed by atoms with Crippen molar-refractivity contribution in [1.29, 1.82) is 0 Å². The second-order valence-electron chi connectivity index (χ2n) is 9.42. The molecule has 1 amide bonds. The van der Waals surface area contributed by atoms with Gasteiger partial charge in [-0.1, -0.05) is 47.6 Å². The van der Waals surface area contributed by atoms with Crippen LogP contribution in [0.2, 0.25) is 0 Å². The van der Waals surface area contributed by atoms with Crippen LogP contribution in [0.3, 0.4) is 0 Å². The first-order valence-corrected chi connectivity index (χ1v) is 9.25. The molecular weight excluding hydrogens is 360 g/mol. The van der Waals surface area contributed by atoms with Crippen molar-refractivity contribution in [3.63, 3.8) is 0 Å². The molecule has 0 aromatic heterocycles. The van der Waals surface area contributed by atoms with Gasteiger partial charge in [0.2, 0.25) is 5.91 Å². The lowest BCUT2D eigenvalue weighted by molar-refractivity contribution is -0.139. The van der Waals surface area contributed by atoms with Crippen LogP contribution in [-0.4, -0.2) is 23.9 Å². The monoisotopic (exact) mass is 392 g/mol. The van der Waals surface area contributed by atoms with Gasteiger partial charge < -0.3 is 20.9 Å². The van der Waals surface area contributed by atoms with Crippen molar-refractivity contribution in [3.05, 3.63) is 23.8 Å². The summed E-state index contributed by atoms with van der Waals surface area (Å²) in [6, 6.07) is 3.86. The minimum atomic E-state index is -0.868. The van der Waals surface area contributed by atoms with E-state index in [-0.39, 0.29) is 41.6 Å². The van der Waals surface area contributed by atoms with E-state index in [0.717, 1.165) is 0 Å². The molecular formula is C21H32N2O5. The molecule has 1 atom stereocenters. The Kier molecular flexibility index (Phi) is 7.75. The first-order valence-electron chi connectivity index (χ1n) is 9.25. The predicted octanol–water partition coefficient (Wildman–Crippen LogP) is 2.72. The SMILES string of the molecule is CC(C)(C)CC(=O)Oc1ccc(C[C@H](N)C(N)=O)cc1OC(=O)CC(C)(C)C. The van der Waals surface area contributed by atoms with E-state index in [4.69, 9.17) is 20.9 Å². The quantitative estimate of drug-likeness (QED) is 0.543. The maximum absolute atomic E-state index is 12.3.